The highest BCUT2D eigenvalue weighted by atomic mass is 16.5. The fraction of sp³-hybridized carbons (Fsp3) is 0.267. The second-order valence-corrected chi connectivity index (χ2v) is 5.08. The number of aryl methyl sites for hydroxylation is 2. The summed E-state index contributed by atoms with van der Waals surface area (Å²) in [6.45, 7) is 2.03. The summed E-state index contributed by atoms with van der Waals surface area (Å²) < 4.78 is 11.2. The van der Waals surface area contributed by atoms with Gasteiger partial charge in [0, 0.05) is 22.4 Å². The number of nitrogens with zero attached hydrogens (tertiary/aromatic N) is 1. The summed E-state index contributed by atoms with van der Waals surface area (Å²) in [6.07, 6.45) is 4.75. The number of furan rings is 1. The molecule has 0 atom stereocenters. The third-order valence-electron chi connectivity index (χ3n) is 3.97. The third kappa shape index (κ3) is 1.37. The summed E-state index contributed by atoms with van der Waals surface area (Å²) >= 11 is 0. The van der Waals surface area contributed by atoms with Crippen LogP contribution in [0.2, 0.25) is 0 Å². The first kappa shape index (κ1) is 10.7. The predicted octanol–water partition coefficient (Wildman–Crippen LogP) is 3.27. The van der Waals surface area contributed by atoms with Gasteiger partial charge in [0.05, 0.1) is 6.26 Å². The molecule has 1 aliphatic carbocycles. The van der Waals surface area contributed by atoms with Crippen LogP contribution in [0.4, 0.5) is 0 Å². The molecule has 1 aliphatic rings. The molecule has 0 bridgehead atoms. The number of benzene rings is 1. The quantitative estimate of drug-likeness (QED) is 0.495. The fourth-order valence-corrected chi connectivity index (χ4v) is 3.03. The van der Waals surface area contributed by atoms with Crippen molar-refractivity contribution in [3.63, 3.8) is 0 Å². The molecule has 19 heavy (non-hydrogen) atoms. The van der Waals surface area contributed by atoms with Crippen molar-refractivity contribution in [2.75, 3.05) is 0 Å². The van der Waals surface area contributed by atoms with Gasteiger partial charge in [-0.15, -0.1) is 0 Å². The van der Waals surface area contributed by atoms with E-state index >= 15 is 0 Å². The summed E-state index contributed by atoms with van der Waals surface area (Å²) in [5, 5.41) is 14.6. The SMILES string of the molecule is Cc1coc2cc3o/c(=N\O)c4c(c3cc12)CCC4. The van der Waals surface area contributed by atoms with Gasteiger partial charge in [-0.25, -0.2) is 0 Å². The number of hydrogen-bond acceptors (Lipinski definition) is 4. The lowest BCUT2D eigenvalue weighted by Gasteiger charge is -2.05. The minimum atomic E-state index is 0.336. The molecule has 0 saturated heterocycles. The van der Waals surface area contributed by atoms with E-state index in [-0.39, 0.29) is 0 Å². The van der Waals surface area contributed by atoms with Crippen LogP contribution in [0.25, 0.3) is 21.9 Å². The van der Waals surface area contributed by atoms with E-state index in [4.69, 9.17) is 14.0 Å². The van der Waals surface area contributed by atoms with Crippen LogP contribution in [-0.4, -0.2) is 5.21 Å². The molecule has 4 rings (SSSR count). The second-order valence-electron chi connectivity index (χ2n) is 5.08. The molecule has 0 spiro atoms. The highest BCUT2D eigenvalue weighted by Gasteiger charge is 2.19. The van der Waals surface area contributed by atoms with Crippen LogP contribution < -0.4 is 5.55 Å². The largest absolute Gasteiger partial charge is 0.464 e. The number of fused-ring (bicyclic) bond motifs is 4. The van der Waals surface area contributed by atoms with Gasteiger partial charge < -0.3 is 14.0 Å². The number of rotatable bonds is 0. The van der Waals surface area contributed by atoms with Gasteiger partial charge in [-0.1, -0.05) is 0 Å². The standard InChI is InChI=1S/C15H13NO3/c1-8-7-18-13-6-14-12(5-11(8)13)9-3-2-4-10(9)15(16-17)19-14/h5-7,17H,2-4H2,1H3/b16-15-. The third-order valence-corrected chi connectivity index (χ3v) is 3.97. The zero-order chi connectivity index (χ0) is 13.0. The van der Waals surface area contributed by atoms with E-state index < -0.39 is 0 Å². The van der Waals surface area contributed by atoms with Crippen LogP contribution in [-0.2, 0) is 12.8 Å². The summed E-state index contributed by atoms with van der Waals surface area (Å²) in [5.74, 6) is 0. The Labute approximate surface area is 108 Å². The van der Waals surface area contributed by atoms with Gasteiger partial charge in [0.15, 0.2) is 0 Å². The molecule has 3 aromatic rings. The summed E-state index contributed by atoms with van der Waals surface area (Å²) in [4.78, 5) is 0. The lowest BCUT2D eigenvalue weighted by atomic mass is 10.0. The molecule has 4 heteroatoms. The van der Waals surface area contributed by atoms with E-state index in [1.807, 2.05) is 13.0 Å². The lowest BCUT2D eigenvalue weighted by Crippen LogP contribution is -2.09. The smallest absolute Gasteiger partial charge is 0.259 e. The van der Waals surface area contributed by atoms with Crippen molar-refractivity contribution in [3.8, 4) is 0 Å². The summed E-state index contributed by atoms with van der Waals surface area (Å²) in [6, 6.07) is 4.00. The maximum Gasteiger partial charge on any atom is 0.259 e. The van der Waals surface area contributed by atoms with E-state index in [2.05, 4.69) is 11.2 Å². The number of hydrogen-bond donors (Lipinski definition) is 1. The predicted molar refractivity (Wildman–Crippen MR) is 70.1 cm³/mol. The molecule has 0 unspecified atom stereocenters. The minimum absolute atomic E-state index is 0.336. The van der Waals surface area contributed by atoms with E-state index in [0.717, 1.165) is 52.3 Å². The van der Waals surface area contributed by atoms with Crippen molar-refractivity contribution in [1.82, 2.24) is 0 Å². The summed E-state index contributed by atoms with van der Waals surface area (Å²) in [5.41, 5.74) is 5.26. The van der Waals surface area contributed by atoms with Gasteiger partial charge in [-0.2, -0.15) is 0 Å². The molecule has 96 valence electrons. The molecular formula is C15H13NO3. The van der Waals surface area contributed by atoms with E-state index in [9.17, 15) is 0 Å². The Kier molecular flexibility index (Phi) is 2.04. The van der Waals surface area contributed by atoms with Crippen LogP contribution in [0, 0.1) is 6.92 Å². The molecule has 0 aliphatic heterocycles. The van der Waals surface area contributed by atoms with Gasteiger partial charge in [0.25, 0.3) is 5.55 Å². The van der Waals surface area contributed by atoms with Gasteiger partial charge in [-0.05, 0) is 48.5 Å². The fourth-order valence-electron chi connectivity index (χ4n) is 3.03. The van der Waals surface area contributed by atoms with Gasteiger partial charge in [-0.3, -0.25) is 0 Å². The minimum Gasteiger partial charge on any atom is -0.464 e. The van der Waals surface area contributed by atoms with Crippen molar-refractivity contribution in [1.29, 1.82) is 0 Å². The lowest BCUT2D eigenvalue weighted by molar-refractivity contribution is 0.275. The highest BCUT2D eigenvalue weighted by molar-refractivity contribution is 5.96. The maximum atomic E-state index is 9.09. The second kappa shape index (κ2) is 3.63. The van der Waals surface area contributed by atoms with Crippen molar-refractivity contribution in [2.45, 2.75) is 26.2 Å². The normalized spacial score (nSPS) is 15.5. The van der Waals surface area contributed by atoms with Crippen molar-refractivity contribution in [2.24, 2.45) is 5.16 Å². The zero-order valence-electron chi connectivity index (χ0n) is 10.6. The van der Waals surface area contributed by atoms with Crippen LogP contribution in [0.15, 0.2) is 32.4 Å². The Balaban J connectivity index is 2.23. The summed E-state index contributed by atoms with van der Waals surface area (Å²) in [7, 11) is 0. The van der Waals surface area contributed by atoms with Gasteiger partial charge in [0.1, 0.15) is 11.2 Å². The van der Waals surface area contributed by atoms with E-state index in [1.54, 1.807) is 6.26 Å². The molecule has 1 aromatic carbocycles. The molecule has 4 nitrogen and oxygen atoms in total. The average Bonchev–Trinajstić information content (AvgIpc) is 3.03. The molecule has 2 aromatic heterocycles. The van der Waals surface area contributed by atoms with Gasteiger partial charge >= 0.3 is 0 Å². The Bertz CT molecular complexity index is 870. The van der Waals surface area contributed by atoms with Crippen LogP contribution in [0.5, 0.6) is 0 Å². The Morgan fingerprint density at radius 1 is 1.11 bits per heavy atom. The molecule has 0 saturated carbocycles. The van der Waals surface area contributed by atoms with Crippen molar-refractivity contribution >= 4 is 21.9 Å². The van der Waals surface area contributed by atoms with E-state index in [1.165, 1.54) is 5.56 Å². The maximum absolute atomic E-state index is 9.09. The molecule has 2 heterocycles. The molecule has 0 radical (unpaired) electrons. The van der Waals surface area contributed by atoms with Crippen molar-refractivity contribution in [3.05, 3.63) is 40.6 Å². The van der Waals surface area contributed by atoms with Crippen LogP contribution in [0.3, 0.4) is 0 Å². The zero-order valence-corrected chi connectivity index (χ0v) is 10.6. The first-order chi connectivity index (χ1) is 9.28. The highest BCUT2D eigenvalue weighted by Crippen LogP contribution is 2.32. The van der Waals surface area contributed by atoms with Gasteiger partial charge in [0.2, 0.25) is 0 Å². The molecular weight excluding hydrogens is 242 g/mol. The Hall–Kier alpha value is -2.23. The molecule has 1 N–H and O–H groups in total. The molecule has 0 amide bonds. The van der Waals surface area contributed by atoms with Crippen molar-refractivity contribution < 1.29 is 14.0 Å². The Morgan fingerprint density at radius 2 is 1.95 bits per heavy atom. The molecule has 0 fully saturated rings. The van der Waals surface area contributed by atoms with Crippen LogP contribution in [0.1, 0.15) is 23.1 Å². The average molecular weight is 255 g/mol. The van der Waals surface area contributed by atoms with E-state index in [0.29, 0.717) is 5.55 Å². The first-order valence-corrected chi connectivity index (χ1v) is 6.42. The van der Waals surface area contributed by atoms with Crippen LogP contribution >= 0.6 is 0 Å². The Morgan fingerprint density at radius 3 is 2.79 bits per heavy atom. The monoisotopic (exact) mass is 255 g/mol. The first-order valence-electron chi connectivity index (χ1n) is 6.42. The topological polar surface area (TPSA) is 58.9 Å².